The summed E-state index contributed by atoms with van der Waals surface area (Å²) in [4.78, 5) is 18.0. The molecule has 0 amide bonds. The summed E-state index contributed by atoms with van der Waals surface area (Å²) in [6.07, 6.45) is 3.71. The zero-order chi connectivity index (χ0) is 24.0. The van der Waals surface area contributed by atoms with Gasteiger partial charge in [-0.2, -0.15) is 0 Å². The Morgan fingerprint density at radius 1 is 1.18 bits per heavy atom. The molecule has 5 nitrogen and oxygen atoms in total. The largest absolute Gasteiger partial charge is 0.482 e. The second-order valence-electron chi connectivity index (χ2n) is 8.37. The summed E-state index contributed by atoms with van der Waals surface area (Å²) in [5.41, 5.74) is 3.29. The van der Waals surface area contributed by atoms with E-state index >= 15 is 0 Å². The molecular weight excluding hydrogens is 446 g/mol. The Kier molecular flexibility index (Phi) is 8.48. The molecule has 0 aliphatic carbocycles. The van der Waals surface area contributed by atoms with Crippen LogP contribution in [0.1, 0.15) is 36.1 Å². The Balaban J connectivity index is 1.61. The molecule has 1 heterocycles. The lowest BCUT2D eigenvalue weighted by molar-refractivity contribution is -0.139. The van der Waals surface area contributed by atoms with E-state index in [-0.39, 0.29) is 18.2 Å². The van der Waals surface area contributed by atoms with Crippen molar-refractivity contribution in [3.05, 3.63) is 64.7 Å². The van der Waals surface area contributed by atoms with E-state index in [4.69, 9.17) is 14.8 Å². The average Bonchev–Trinajstić information content (AvgIpc) is 2.97. The molecule has 0 saturated carbocycles. The predicted molar refractivity (Wildman–Crippen MR) is 129 cm³/mol. The number of carboxylic acids is 1. The summed E-state index contributed by atoms with van der Waals surface area (Å²) in [6, 6.07) is 12.2. The molecule has 0 spiro atoms. The van der Waals surface area contributed by atoms with Gasteiger partial charge in [-0.25, -0.2) is 13.6 Å². The molecular formula is C25H30F2N2O3S. The van der Waals surface area contributed by atoms with Gasteiger partial charge < -0.3 is 14.7 Å². The van der Waals surface area contributed by atoms with Crippen molar-refractivity contribution in [2.24, 2.45) is 4.99 Å². The molecule has 8 heteroatoms. The van der Waals surface area contributed by atoms with E-state index < -0.39 is 11.9 Å². The van der Waals surface area contributed by atoms with Gasteiger partial charge in [-0.15, -0.1) is 11.8 Å². The van der Waals surface area contributed by atoms with Crippen molar-refractivity contribution in [2.75, 3.05) is 32.5 Å². The Labute approximate surface area is 197 Å². The Hall–Kier alpha value is -2.45. The number of halogens is 2. The van der Waals surface area contributed by atoms with Gasteiger partial charge in [-0.05, 0) is 49.3 Å². The number of aliphatic carboxylic acids is 1. The number of hydrogen-bond acceptors (Lipinski definition) is 5. The third-order valence-electron chi connectivity index (χ3n) is 5.63. The van der Waals surface area contributed by atoms with Gasteiger partial charge in [0.05, 0.1) is 11.1 Å². The van der Waals surface area contributed by atoms with E-state index in [0.717, 1.165) is 50.0 Å². The molecule has 1 aliphatic heterocycles. The number of ether oxygens (including phenoxy) is 1. The molecule has 1 atom stereocenters. The number of benzene rings is 2. The Bertz CT molecular complexity index is 990. The highest BCUT2D eigenvalue weighted by Gasteiger charge is 2.24. The van der Waals surface area contributed by atoms with E-state index in [1.165, 1.54) is 35.0 Å². The molecule has 1 N–H and O–H groups in total. The molecule has 2 aromatic rings. The molecule has 0 fully saturated rings. The van der Waals surface area contributed by atoms with Gasteiger partial charge in [-0.3, -0.25) is 4.99 Å². The van der Waals surface area contributed by atoms with Gasteiger partial charge in [0.25, 0.3) is 5.92 Å². The standard InChI is InChI=1S/C25H30F2N2O3S/c1-17(28-24(33-3)19-4-7-21(8-5-19)25(2,26)27)15-29-12-10-18-6-9-22(32-16-23(30)31)14-20(18)11-13-29/h4-9,14,17H,10-13,15-16H2,1-3H3,(H,30,31). The van der Waals surface area contributed by atoms with Crippen LogP contribution in [-0.4, -0.2) is 59.6 Å². The summed E-state index contributed by atoms with van der Waals surface area (Å²) < 4.78 is 32.3. The fourth-order valence-electron chi connectivity index (χ4n) is 3.93. The SMILES string of the molecule is CSC(=NC(C)CN1CCc2ccc(OCC(=O)O)cc2CC1)c1ccc(C(C)(F)F)cc1. The fourth-order valence-corrected chi connectivity index (χ4v) is 4.59. The normalized spacial score (nSPS) is 16.1. The number of rotatable bonds is 8. The number of thioether (sulfide) groups is 1. The van der Waals surface area contributed by atoms with Crippen LogP contribution < -0.4 is 4.74 Å². The number of carboxylic acid groups (broad SMARTS) is 1. The van der Waals surface area contributed by atoms with Crippen molar-refractivity contribution in [2.45, 2.75) is 38.7 Å². The maximum absolute atomic E-state index is 13.5. The van der Waals surface area contributed by atoms with Gasteiger partial charge in [0, 0.05) is 37.7 Å². The monoisotopic (exact) mass is 476 g/mol. The summed E-state index contributed by atoms with van der Waals surface area (Å²) in [7, 11) is 0. The lowest BCUT2D eigenvalue weighted by Crippen LogP contribution is -2.33. The minimum Gasteiger partial charge on any atom is -0.482 e. The van der Waals surface area contributed by atoms with Crippen LogP contribution in [0, 0.1) is 0 Å². The molecule has 0 saturated heterocycles. The van der Waals surface area contributed by atoms with Gasteiger partial charge in [0.15, 0.2) is 6.61 Å². The quantitative estimate of drug-likeness (QED) is 0.436. The van der Waals surface area contributed by atoms with Gasteiger partial charge in [0.1, 0.15) is 5.75 Å². The third kappa shape index (κ3) is 7.27. The van der Waals surface area contributed by atoms with Crippen LogP contribution in [0.4, 0.5) is 8.78 Å². The van der Waals surface area contributed by atoms with Crippen LogP contribution in [0.5, 0.6) is 5.75 Å². The molecule has 3 rings (SSSR count). The number of aliphatic imine (C=N–C) groups is 1. The van der Waals surface area contributed by atoms with Gasteiger partial charge in [0.2, 0.25) is 0 Å². The van der Waals surface area contributed by atoms with Crippen molar-refractivity contribution < 1.29 is 23.4 Å². The maximum atomic E-state index is 13.5. The molecule has 0 aromatic heterocycles. The molecule has 33 heavy (non-hydrogen) atoms. The van der Waals surface area contributed by atoms with E-state index in [1.807, 2.05) is 24.5 Å². The van der Waals surface area contributed by atoms with Crippen molar-refractivity contribution in [1.29, 1.82) is 0 Å². The summed E-state index contributed by atoms with van der Waals surface area (Å²) in [5, 5.41) is 9.64. The summed E-state index contributed by atoms with van der Waals surface area (Å²) in [5.74, 6) is -3.26. The first-order valence-electron chi connectivity index (χ1n) is 10.9. The van der Waals surface area contributed by atoms with E-state index in [0.29, 0.717) is 5.75 Å². The van der Waals surface area contributed by atoms with Gasteiger partial charge in [-0.1, -0.05) is 30.3 Å². The van der Waals surface area contributed by atoms with Crippen LogP contribution in [-0.2, 0) is 23.6 Å². The third-order valence-corrected chi connectivity index (χ3v) is 6.35. The molecule has 1 unspecified atom stereocenters. The second-order valence-corrected chi connectivity index (χ2v) is 9.16. The van der Waals surface area contributed by atoms with Gasteiger partial charge >= 0.3 is 5.97 Å². The molecule has 0 bridgehead atoms. The molecule has 178 valence electrons. The maximum Gasteiger partial charge on any atom is 0.341 e. The predicted octanol–water partition coefficient (Wildman–Crippen LogP) is 4.86. The van der Waals surface area contributed by atoms with Crippen molar-refractivity contribution >= 4 is 22.8 Å². The van der Waals surface area contributed by atoms with E-state index in [1.54, 1.807) is 12.1 Å². The fraction of sp³-hybridized carbons (Fsp3) is 0.440. The van der Waals surface area contributed by atoms with Crippen LogP contribution >= 0.6 is 11.8 Å². The topological polar surface area (TPSA) is 62.1 Å². The first-order valence-corrected chi connectivity index (χ1v) is 12.2. The van der Waals surface area contributed by atoms with Crippen LogP contribution in [0.15, 0.2) is 47.5 Å². The zero-order valence-corrected chi connectivity index (χ0v) is 20.0. The molecule has 0 radical (unpaired) electrons. The van der Waals surface area contributed by atoms with Crippen LogP contribution in [0.25, 0.3) is 0 Å². The highest BCUT2D eigenvalue weighted by molar-refractivity contribution is 8.13. The summed E-state index contributed by atoms with van der Waals surface area (Å²) in [6.45, 7) is 5.21. The lowest BCUT2D eigenvalue weighted by Gasteiger charge is -2.22. The van der Waals surface area contributed by atoms with Crippen LogP contribution in [0.2, 0.25) is 0 Å². The second kappa shape index (κ2) is 11.1. The van der Waals surface area contributed by atoms with Crippen molar-refractivity contribution in [3.63, 3.8) is 0 Å². The minimum absolute atomic E-state index is 0.000372. The highest BCUT2D eigenvalue weighted by atomic mass is 32.2. The number of hydrogen-bond donors (Lipinski definition) is 1. The first-order chi connectivity index (χ1) is 15.7. The highest BCUT2D eigenvalue weighted by Crippen LogP contribution is 2.27. The Morgan fingerprint density at radius 2 is 1.85 bits per heavy atom. The molecule has 2 aromatic carbocycles. The lowest BCUT2D eigenvalue weighted by atomic mass is 10.0. The average molecular weight is 477 g/mol. The van der Waals surface area contributed by atoms with E-state index in [9.17, 15) is 13.6 Å². The van der Waals surface area contributed by atoms with Crippen molar-refractivity contribution in [1.82, 2.24) is 4.90 Å². The zero-order valence-electron chi connectivity index (χ0n) is 19.2. The minimum atomic E-state index is -2.85. The van der Waals surface area contributed by atoms with Crippen molar-refractivity contribution in [3.8, 4) is 5.75 Å². The number of nitrogens with zero attached hydrogens (tertiary/aromatic N) is 2. The smallest absolute Gasteiger partial charge is 0.341 e. The number of fused-ring (bicyclic) bond motifs is 1. The van der Waals surface area contributed by atoms with E-state index in [2.05, 4.69) is 11.8 Å². The number of carbonyl (C=O) groups is 1. The number of alkyl halides is 2. The molecule has 1 aliphatic rings. The Morgan fingerprint density at radius 3 is 2.45 bits per heavy atom. The van der Waals surface area contributed by atoms with Crippen LogP contribution in [0.3, 0.4) is 0 Å². The first kappa shape index (κ1) is 25.2. The summed E-state index contributed by atoms with van der Waals surface area (Å²) >= 11 is 1.52.